The summed E-state index contributed by atoms with van der Waals surface area (Å²) in [7, 11) is 0. The highest BCUT2D eigenvalue weighted by molar-refractivity contribution is 5.78. The van der Waals surface area contributed by atoms with Crippen molar-refractivity contribution < 1.29 is 9.90 Å². The van der Waals surface area contributed by atoms with Crippen LogP contribution in [-0.4, -0.2) is 17.0 Å². The van der Waals surface area contributed by atoms with Gasteiger partial charge in [-0.15, -0.1) is 0 Å². The molecular weight excluding hydrogens is 152 g/mol. The summed E-state index contributed by atoms with van der Waals surface area (Å²) in [4.78, 5) is 11.0. The molecule has 0 aromatic heterocycles. The number of carbonyl (C=O) groups excluding carboxylic acids is 1. The van der Waals surface area contributed by atoms with Crippen molar-refractivity contribution in [2.75, 3.05) is 0 Å². The van der Waals surface area contributed by atoms with Crippen LogP contribution in [0, 0.1) is 5.92 Å². The third-order valence-electron chi connectivity index (χ3n) is 1.88. The highest BCUT2D eigenvalue weighted by Gasteiger charge is 2.17. The Kier molecular flexibility index (Phi) is 4.83. The second-order valence-electron chi connectivity index (χ2n) is 3.47. The van der Waals surface area contributed by atoms with Crippen LogP contribution in [0.15, 0.2) is 11.6 Å². The lowest BCUT2D eigenvalue weighted by atomic mass is 9.95. The molecule has 0 rings (SSSR count). The van der Waals surface area contributed by atoms with Crippen molar-refractivity contribution in [3.63, 3.8) is 0 Å². The molecule has 0 aromatic rings. The molecule has 0 spiro atoms. The van der Waals surface area contributed by atoms with E-state index in [-0.39, 0.29) is 11.7 Å². The molecule has 0 bridgehead atoms. The summed E-state index contributed by atoms with van der Waals surface area (Å²) in [6.07, 6.45) is 2.09. The highest BCUT2D eigenvalue weighted by Crippen LogP contribution is 2.12. The Labute approximate surface area is 74.3 Å². The minimum atomic E-state index is -0.543. The molecule has 1 N–H and O–H groups in total. The van der Waals surface area contributed by atoms with Gasteiger partial charge >= 0.3 is 0 Å². The lowest BCUT2D eigenvalue weighted by Crippen LogP contribution is -2.23. The molecule has 0 heterocycles. The van der Waals surface area contributed by atoms with E-state index in [1.807, 2.05) is 19.9 Å². The maximum atomic E-state index is 11.0. The summed E-state index contributed by atoms with van der Waals surface area (Å²) < 4.78 is 0. The van der Waals surface area contributed by atoms with Gasteiger partial charge in [-0.2, -0.15) is 0 Å². The molecule has 0 aliphatic carbocycles. The average Bonchev–Trinajstić information content (AvgIpc) is 1.84. The molecule has 0 aliphatic rings. The van der Waals surface area contributed by atoms with Gasteiger partial charge in [0.25, 0.3) is 0 Å². The zero-order valence-electron chi connectivity index (χ0n) is 8.29. The Morgan fingerprint density at radius 1 is 1.42 bits per heavy atom. The number of allylic oxidation sites excluding steroid dienone is 2. The minimum Gasteiger partial charge on any atom is -0.393 e. The summed E-state index contributed by atoms with van der Waals surface area (Å²) in [6, 6.07) is 0. The fourth-order valence-electron chi connectivity index (χ4n) is 1.07. The predicted octanol–water partition coefficient (Wildman–Crippen LogP) is 1.93. The minimum absolute atomic E-state index is 0.0579. The molecule has 70 valence electrons. The normalized spacial score (nSPS) is 15.1. The number of hydrogen-bond donors (Lipinski definition) is 1. The molecule has 2 atom stereocenters. The maximum absolute atomic E-state index is 11.0. The molecule has 0 radical (unpaired) electrons. The van der Waals surface area contributed by atoms with Gasteiger partial charge in [0.05, 0.1) is 6.10 Å². The van der Waals surface area contributed by atoms with E-state index in [1.54, 1.807) is 6.92 Å². The molecule has 12 heavy (non-hydrogen) atoms. The fraction of sp³-hybridized carbons (Fsp3) is 0.700. The summed E-state index contributed by atoms with van der Waals surface area (Å²) >= 11 is 0. The van der Waals surface area contributed by atoms with Gasteiger partial charge in [0, 0.05) is 5.92 Å². The first-order valence-corrected chi connectivity index (χ1v) is 4.27. The number of aliphatic hydroxyl groups excluding tert-OH is 1. The van der Waals surface area contributed by atoms with E-state index in [9.17, 15) is 9.90 Å². The van der Waals surface area contributed by atoms with Gasteiger partial charge in [-0.3, -0.25) is 4.79 Å². The van der Waals surface area contributed by atoms with Crippen molar-refractivity contribution in [2.24, 2.45) is 5.92 Å². The monoisotopic (exact) mass is 170 g/mol. The van der Waals surface area contributed by atoms with Crippen LogP contribution in [0.4, 0.5) is 0 Å². The van der Waals surface area contributed by atoms with Crippen molar-refractivity contribution in [3.8, 4) is 0 Å². The topological polar surface area (TPSA) is 37.3 Å². The van der Waals surface area contributed by atoms with Crippen LogP contribution >= 0.6 is 0 Å². The van der Waals surface area contributed by atoms with Crippen LogP contribution in [-0.2, 0) is 4.79 Å². The van der Waals surface area contributed by atoms with Gasteiger partial charge in [0.1, 0.15) is 5.78 Å². The first-order chi connectivity index (χ1) is 5.45. The SMILES string of the molecule is CC(=O)C(CC=C(C)C)C(C)O. The van der Waals surface area contributed by atoms with Crippen LogP contribution in [0.5, 0.6) is 0 Å². The number of rotatable bonds is 4. The van der Waals surface area contributed by atoms with Gasteiger partial charge in [-0.1, -0.05) is 11.6 Å². The molecular formula is C10H18O2. The number of ketones is 1. The first-order valence-electron chi connectivity index (χ1n) is 4.27. The van der Waals surface area contributed by atoms with Gasteiger partial charge in [0.2, 0.25) is 0 Å². The lowest BCUT2D eigenvalue weighted by molar-refractivity contribution is -0.123. The molecule has 2 heteroatoms. The zero-order valence-corrected chi connectivity index (χ0v) is 8.29. The highest BCUT2D eigenvalue weighted by atomic mass is 16.3. The van der Waals surface area contributed by atoms with Crippen molar-refractivity contribution in [3.05, 3.63) is 11.6 Å². The van der Waals surface area contributed by atoms with Gasteiger partial charge in [0.15, 0.2) is 0 Å². The molecule has 2 nitrogen and oxygen atoms in total. The molecule has 0 saturated carbocycles. The Hall–Kier alpha value is -0.630. The summed E-state index contributed by atoms with van der Waals surface area (Å²) in [6.45, 7) is 7.15. The Bertz CT molecular complexity index is 176. The Morgan fingerprint density at radius 3 is 2.17 bits per heavy atom. The van der Waals surface area contributed by atoms with E-state index in [4.69, 9.17) is 0 Å². The molecule has 2 unspecified atom stereocenters. The van der Waals surface area contributed by atoms with Gasteiger partial charge in [-0.25, -0.2) is 0 Å². The molecule has 0 aromatic carbocycles. The third kappa shape index (κ3) is 4.29. The van der Waals surface area contributed by atoms with E-state index in [2.05, 4.69) is 0 Å². The van der Waals surface area contributed by atoms with E-state index in [1.165, 1.54) is 12.5 Å². The first kappa shape index (κ1) is 11.4. The largest absolute Gasteiger partial charge is 0.393 e. The molecule has 0 fully saturated rings. The second-order valence-corrected chi connectivity index (χ2v) is 3.47. The van der Waals surface area contributed by atoms with Crippen molar-refractivity contribution >= 4 is 5.78 Å². The van der Waals surface area contributed by atoms with Gasteiger partial charge in [-0.05, 0) is 34.1 Å². The van der Waals surface area contributed by atoms with E-state index >= 15 is 0 Å². The van der Waals surface area contributed by atoms with Crippen LogP contribution in [0.25, 0.3) is 0 Å². The fourth-order valence-corrected chi connectivity index (χ4v) is 1.07. The van der Waals surface area contributed by atoms with Crippen LogP contribution in [0.2, 0.25) is 0 Å². The number of hydrogen-bond acceptors (Lipinski definition) is 2. The summed E-state index contributed by atoms with van der Waals surface area (Å²) in [5, 5.41) is 9.25. The van der Waals surface area contributed by atoms with Crippen molar-refractivity contribution in [1.82, 2.24) is 0 Å². The van der Waals surface area contributed by atoms with E-state index in [0.29, 0.717) is 6.42 Å². The Balaban J connectivity index is 4.15. The second kappa shape index (κ2) is 5.09. The number of carbonyl (C=O) groups is 1. The maximum Gasteiger partial charge on any atom is 0.135 e. The van der Waals surface area contributed by atoms with Crippen LogP contribution < -0.4 is 0 Å². The quantitative estimate of drug-likeness (QED) is 0.654. The van der Waals surface area contributed by atoms with Crippen LogP contribution in [0.1, 0.15) is 34.1 Å². The predicted molar refractivity (Wildman–Crippen MR) is 49.9 cm³/mol. The molecule has 0 saturated heterocycles. The average molecular weight is 170 g/mol. The Morgan fingerprint density at radius 2 is 1.92 bits per heavy atom. The molecule has 0 amide bonds. The zero-order chi connectivity index (χ0) is 9.72. The van der Waals surface area contributed by atoms with Crippen LogP contribution in [0.3, 0.4) is 0 Å². The summed E-state index contributed by atoms with van der Waals surface area (Å²) in [5.74, 6) is -0.178. The lowest BCUT2D eigenvalue weighted by Gasteiger charge is -2.14. The van der Waals surface area contributed by atoms with E-state index < -0.39 is 6.10 Å². The number of aliphatic hydroxyl groups is 1. The smallest absolute Gasteiger partial charge is 0.135 e. The van der Waals surface area contributed by atoms with Crippen molar-refractivity contribution in [1.29, 1.82) is 0 Å². The molecule has 0 aliphatic heterocycles. The van der Waals surface area contributed by atoms with Gasteiger partial charge < -0.3 is 5.11 Å². The van der Waals surface area contributed by atoms with E-state index in [0.717, 1.165) is 0 Å². The standard InChI is InChI=1S/C10H18O2/c1-7(2)5-6-10(8(3)11)9(4)12/h5,8,10-11H,6H2,1-4H3. The number of Topliss-reactive ketones (excluding diaryl/α,β-unsaturated/α-hetero) is 1. The summed E-state index contributed by atoms with van der Waals surface area (Å²) in [5.41, 5.74) is 1.18. The third-order valence-corrected chi connectivity index (χ3v) is 1.88. The van der Waals surface area contributed by atoms with Crippen molar-refractivity contribution in [2.45, 2.75) is 40.2 Å².